The van der Waals surface area contributed by atoms with Crippen LogP contribution in [0.15, 0.2) is 36.4 Å². The molecule has 0 saturated heterocycles. The number of hydrogen-bond donors (Lipinski definition) is 0. The monoisotopic (exact) mass is 421 g/mol. The van der Waals surface area contributed by atoms with Crippen molar-refractivity contribution < 1.29 is 27.5 Å². The van der Waals surface area contributed by atoms with E-state index in [0.717, 1.165) is 23.3 Å². The normalized spacial score (nSPS) is 11.3. The summed E-state index contributed by atoms with van der Waals surface area (Å²) in [6.07, 6.45) is -4.81. The molecule has 0 atom stereocenters. The Labute approximate surface area is 174 Å². The first-order chi connectivity index (χ1) is 14.0. The Morgan fingerprint density at radius 2 is 1.77 bits per heavy atom. The maximum Gasteiger partial charge on any atom is 0.416 e. The lowest BCUT2D eigenvalue weighted by molar-refractivity contribution is -0.142. The summed E-state index contributed by atoms with van der Waals surface area (Å²) in [6.45, 7) is 7.76. The molecule has 0 heterocycles. The van der Waals surface area contributed by atoms with Crippen LogP contribution in [0.5, 0.6) is 0 Å². The smallest absolute Gasteiger partial charge is 0.416 e. The van der Waals surface area contributed by atoms with Crippen molar-refractivity contribution in [3.05, 3.63) is 58.7 Å². The molecular weight excluding hydrogens is 395 g/mol. The van der Waals surface area contributed by atoms with Crippen LogP contribution < -0.4 is 0 Å². The first kappa shape index (κ1) is 23.4. The van der Waals surface area contributed by atoms with Crippen LogP contribution in [-0.2, 0) is 33.5 Å². The number of esters is 1. The average molecular weight is 421 g/mol. The predicted octanol–water partition coefficient (Wildman–Crippen LogP) is 5.15. The lowest BCUT2D eigenvalue weighted by Gasteiger charge is -2.22. The van der Waals surface area contributed by atoms with Crippen molar-refractivity contribution in [1.29, 1.82) is 0 Å². The molecule has 1 amide bonds. The largest absolute Gasteiger partial charge is 0.466 e. The molecule has 0 fully saturated rings. The van der Waals surface area contributed by atoms with Gasteiger partial charge < -0.3 is 9.64 Å². The van der Waals surface area contributed by atoms with Gasteiger partial charge in [0, 0.05) is 20.0 Å². The molecule has 2 aromatic rings. The van der Waals surface area contributed by atoms with E-state index in [1.54, 1.807) is 24.0 Å². The Morgan fingerprint density at radius 3 is 2.33 bits per heavy atom. The number of ether oxygens (including phenoxy) is 1. The first-order valence-electron chi connectivity index (χ1n) is 9.77. The summed E-state index contributed by atoms with van der Waals surface area (Å²) in [7, 11) is 0. The zero-order valence-electron chi connectivity index (χ0n) is 17.6. The number of amides is 1. The van der Waals surface area contributed by atoms with Gasteiger partial charge in [-0.1, -0.05) is 29.8 Å². The quantitative estimate of drug-likeness (QED) is 0.581. The molecule has 162 valence electrons. The lowest BCUT2D eigenvalue weighted by Crippen LogP contribution is -2.28. The number of benzene rings is 2. The molecule has 2 aromatic carbocycles. The first-order valence-corrected chi connectivity index (χ1v) is 9.77. The van der Waals surface area contributed by atoms with Crippen LogP contribution in [0.2, 0.25) is 0 Å². The van der Waals surface area contributed by atoms with Gasteiger partial charge in [-0.15, -0.1) is 0 Å². The molecule has 0 saturated carbocycles. The fourth-order valence-electron chi connectivity index (χ4n) is 3.28. The highest BCUT2D eigenvalue weighted by Gasteiger charge is 2.31. The van der Waals surface area contributed by atoms with Gasteiger partial charge in [0.1, 0.15) is 0 Å². The second kappa shape index (κ2) is 9.78. The Kier molecular flexibility index (Phi) is 7.65. The summed E-state index contributed by atoms with van der Waals surface area (Å²) < 4.78 is 45.4. The van der Waals surface area contributed by atoms with Gasteiger partial charge in [0.2, 0.25) is 5.91 Å². The van der Waals surface area contributed by atoms with Gasteiger partial charge in [-0.3, -0.25) is 9.59 Å². The number of rotatable bonds is 7. The number of alkyl halides is 3. The molecule has 0 N–H and O–H groups in total. The molecule has 0 aliphatic carbocycles. The molecule has 2 rings (SSSR count). The van der Waals surface area contributed by atoms with Crippen LogP contribution >= 0.6 is 0 Å². The third-order valence-electron chi connectivity index (χ3n) is 4.73. The fraction of sp³-hybridized carbons (Fsp3) is 0.391. The van der Waals surface area contributed by atoms with Crippen molar-refractivity contribution >= 4 is 11.9 Å². The highest BCUT2D eigenvalue weighted by Crippen LogP contribution is 2.35. The molecule has 0 spiro atoms. The third-order valence-corrected chi connectivity index (χ3v) is 4.73. The summed E-state index contributed by atoms with van der Waals surface area (Å²) in [6, 6.07) is 9.06. The van der Waals surface area contributed by atoms with Crippen LogP contribution in [0, 0.1) is 6.92 Å². The van der Waals surface area contributed by atoms with Crippen molar-refractivity contribution in [2.24, 2.45) is 0 Å². The van der Waals surface area contributed by atoms with Crippen LogP contribution in [0.25, 0.3) is 11.1 Å². The fourth-order valence-corrected chi connectivity index (χ4v) is 3.28. The summed E-state index contributed by atoms with van der Waals surface area (Å²) in [5.41, 5.74) is 2.02. The van der Waals surface area contributed by atoms with Crippen LogP contribution in [0.4, 0.5) is 13.2 Å². The predicted molar refractivity (Wildman–Crippen MR) is 109 cm³/mol. The number of hydrogen-bond acceptors (Lipinski definition) is 3. The van der Waals surface area contributed by atoms with E-state index in [1.807, 2.05) is 26.0 Å². The van der Waals surface area contributed by atoms with Gasteiger partial charge in [-0.05, 0) is 55.2 Å². The van der Waals surface area contributed by atoms with Crippen molar-refractivity contribution in [2.45, 2.75) is 46.8 Å². The van der Waals surface area contributed by atoms with E-state index in [-0.39, 0.29) is 31.0 Å². The number of aryl methyl sites for hydroxylation is 1. The molecule has 0 unspecified atom stereocenters. The lowest BCUT2D eigenvalue weighted by atomic mass is 9.93. The number of carbonyl (C=O) groups is 2. The molecule has 30 heavy (non-hydrogen) atoms. The van der Waals surface area contributed by atoms with E-state index < -0.39 is 17.7 Å². The van der Waals surface area contributed by atoms with Gasteiger partial charge in [0.15, 0.2) is 0 Å². The molecule has 0 bridgehead atoms. The summed E-state index contributed by atoms with van der Waals surface area (Å²) in [4.78, 5) is 25.3. The van der Waals surface area contributed by atoms with E-state index in [1.165, 1.54) is 6.92 Å². The maximum atomic E-state index is 13.5. The van der Waals surface area contributed by atoms with E-state index in [4.69, 9.17) is 4.74 Å². The van der Waals surface area contributed by atoms with Crippen LogP contribution in [0.3, 0.4) is 0 Å². The Morgan fingerprint density at radius 1 is 1.07 bits per heavy atom. The molecule has 0 radical (unpaired) electrons. The Balaban J connectivity index is 2.59. The zero-order chi connectivity index (χ0) is 22.5. The molecular formula is C23H26F3NO3. The average Bonchev–Trinajstić information content (AvgIpc) is 2.65. The molecule has 4 nitrogen and oxygen atoms in total. The Hall–Kier alpha value is -2.83. The van der Waals surface area contributed by atoms with Crippen LogP contribution in [0.1, 0.15) is 43.0 Å². The highest BCUT2D eigenvalue weighted by molar-refractivity contribution is 5.76. The number of carbonyl (C=O) groups excluding carboxylic acids is 2. The SMILES string of the molecule is CCOC(=O)Cc1cc(-c2ccc(C)cc2CN(CC)C(C)=O)cc(C(F)(F)F)c1. The van der Waals surface area contributed by atoms with Gasteiger partial charge in [-0.2, -0.15) is 13.2 Å². The topological polar surface area (TPSA) is 46.6 Å². The van der Waals surface area contributed by atoms with Crippen molar-refractivity contribution in [3.63, 3.8) is 0 Å². The molecule has 7 heteroatoms. The highest BCUT2D eigenvalue weighted by atomic mass is 19.4. The third kappa shape index (κ3) is 6.08. The van der Waals surface area contributed by atoms with Crippen LogP contribution in [-0.4, -0.2) is 29.9 Å². The maximum absolute atomic E-state index is 13.5. The van der Waals surface area contributed by atoms with E-state index in [2.05, 4.69) is 0 Å². The van der Waals surface area contributed by atoms with Crippen molar-refractivity contribution in [1.82, 2.24) is 4.90 Å². The summed E-state index contributed by atoms with van der Waals surface area (Å²) in [5.74, 6) is -0.697. The van der Waals surface area contributed by atoms with E-state index in [9.17, 15) is 22.8 Å². The zero-order valence-corrected chi connectivity index (χ0v) is 17.6. The minimum Gasteiger partial charge on any atom is -0.466 e. The minimum atomic E-state index is -4.56. The van der Waals surface area contributed by atoms with Crippen molar-refractivity contribution in [2.75, 3.05) is 13.2 Å². The van der Waals surface area contributed by atoms with Gasteiger partial charge in [0.05, 0.1) is 18.6 Å². The van der Waals surface area contributed by atoms with E-state index in [0.29, 0.717) is 17.7 Å². The Bertz CT molecular complexity index is 922. The minimum absolute atomic E-state index is 0.114. The van der Waals surface area contributed by atoms with Crippen molar-refractivity contribution in [3.8, 4) is 11.1 Å². The van der Waals surface area contributed by atoms with Gasteiger partial charge >= 0.3 is 12.1 Å². The standard InChI is InChI=1S/C23H26F3NO3/c1-5-27(16(4)28)14-19-9-15(3)7-8-21(19)18-10-17(12-22(29)30-6-2)11-20(13-18)23(24,25)26/h7-11,13H,5-6,12,14H2,1-4H3. The second-order valence-electron chi connectivity index (χ2n) is 7.09. The molecule has 0 aliphatic rings. The van der Waals surface area contributed by atoms with E-state index >= 15 is 0 Å². The number of nitrogens with zero attached hydrogens (tertiary/aromatic N) is 1. The molecule has 0 aliphatic heterocycles. The van der Waals surface area contributed by atoms with Gasteiger partial charge in [0.25, 0.3) is 0 Å². The second-order valence-corrected chi connectivity index (χ2v) is 7.09. The molecule has 0 aromatic heterocycles. The van der Waals surface area contributed by atoms with Gasteiger partial charge in [-0.25, -0.2) is 0 Å². The summed E-state index contributed by atoms with van der Waals surface area (Å²) in [5, 5.41) is 0. The summed E-state index contributed by atoms with van der Waals surface area (Å²) >= 11 is 0. The number of halogens is 3.